The fourth-order valence-electron chi connectivity index (χ4n) is 2.89. The minimum Gasteiger partial charge on any atom is -0.488 e. The van der Waals surface area contributed by atoms with Gasteiger partial charge in [0.1, 0.15) is 17.6 Å². The van der Waals surface area contributed by atoms with E-state index in [1.54, 1.807) is 18.2 Å². The number of benzene rings is 2. The molecule has 0 aliphatic carbocycles. The number of rotatable bonds is 3. The molecule has 2 aliphatic heterocycles. The second-order valence-electron chi connectivity index (χ2n) is 5.81. The van der Waals surface area contributed by atoms with Crippen molar-refractivity contribution in [2.75, 3.05) is 18.5 Å². The number of carbonyl (C=O) groups excluding carboxylic acids is 2. The smallest absolute Gasteiger partial charge is 0.262 e. The molecule has 2 heterocycles. The lowest BCUT2D eigenvalue weighted by Crippen LogP contribution is -2.34. The van der Waals surface area contributed by atoms with E-state index in [1.165, 1.54) is 0 Å². The van der Waals surface area contributed by atoms with Crippen LogP contribution < -0.4 is 20.1 Å². The molecule has 2 N–H and O–H groups in total. The Hall–Kier alpha value is -3.02. The van der Waals surface area contributed by atoms with E-state index in [9.17, 15) is 9.59 Å². The molecule has 1 atom stereocenters. The number of para-hydroxylation sites is 1. The van der Waals surface area contributed by atoms with E-state index in [0.29, 0.717) is 23.5 Å². The highest BCUT2D eigenvalue weighted by atomic mass is 16.5. The Morgan fingerprint density at radius 3 is 2.96 bits per heavy atom. The molecule has 4 rings (SSSR count). The molecule has 0 fully saturated rings. The maximum atomic E-state index is 12.3. The summed E-state index contributed by atoms with van der Waals surface area (Å²) >= 11 is 0. The number of hydrogen-bond donors (Lipinski definition) is 2. The number of amides is 2. The van der Waals surface area contributed by atoms with E-state index in [1.807, 2.05) is 24.3 Å². The number of ether oxygens (including phenoxy) is 2. The fraction of sp³-hybridized carbons (Fsp3) is 0.222. The normalized spacial score (nSPS) is 17.8. The van der Waals surface area contributed by atoms with Crippen LogP contribution in [0.3, 0.4) is 0 Å². The Balaban J connectivity index is 1.38. The first-order chi connectivity index (χ1) is 11.7. The molecule has 2 amide bonds. The zero-order valence-electron chi connectivity index (χ0n) is 12.9. The van der Waals surface area contributed by atoms with E-state index in [2.05, 4.69) is 10.6 Å². The molecule has 122 valence electrons. The van der Waals surface area contributed by atoms with Crippen LogP contribution in [0.4, 0.5) is 5.69 Å². The van der Waals surface area contributed by atoms with Gasteiger partial charge < -0.3 is 20.1 Å². The van der Waals surface area contributed by atoms with Gasteiger partial charge in [-0.3, -0.25) is 9.59 Å². The van der Waals surface area contributed by atoms with Crippen molar-refractivity contribution in [3.8, 4) is 11.5 Å². The molecular weight excluding hydrogens is 308 g/mol. The van der Waals surface area contributed by atoms with Crippen molar-refractivity contribution < 1.29 is 19.1 Å². The van der Waals surface area contributed by atoms with Gasteiger partial charge in [-0.2, -0.15) is 0 Å². The molecular formula is C18H16N2O4. The van der Waals surface area contributed by atoms with E-state index < -0.39 is 0 Å². The molecule has 0 radical (unpaired) electrons. The highest BCUT2D eigenvalue weighted by molar-refractivity contribution is 5.99. The number of anilines is 1. The highest BCUT2D eigenvalue weighted by Gasteiger charge is 2.23. The topological polar surface area (TPSA) is 76.7 Å². The van der Waals surface area contributed by atoms with Crippen LogP contribution in [0.15, 0.2) is 42.5 Å². The predicted molar refractivity (Wildman–Crippen MR) is 87.5 cm³/mol. The van der Waals surface area contributed by atoms with Crippen molar-refractivity contribution in [3.63, 3.8) is 0 Å². The fourth-order valence-corrected chi connectivity index (χ4v) is 2.89. The standard InChI is InChI=1S/C18H16N2O4/c21-17-10-23-16-8-12(5-6-14(16)20-17)18(22)19-9-13-7-11-3-1-2-4-15(11)24-13/h1-6,8,13H,7,9-10H2,(H,19,22)(H,20,21)/t13-/m1/s1. The van der Waals surface area contributed by atoms with Crippen molar-refractivity contribution >= 4 is 17.5 Å². The Kier molecular flexibility index (Phi) is 3.57. The van der Waals surface area contributed by atoms with Gasteiger partial charge >= 0.3 is 0 Å². The first-order valence-corrected chi connectivity index (χ1v) is 7.78. The van der Waals surface area contributed by atoms with Gasteiger partial charge in [0.25, 0.3) is 11.8 Å². The van der Waals surface area contributed by atoms with Crippen LogP contribution in [-0.4, -0.2) is 31.1 Å². The van der Waals surface area contributed by atoms with Crippen LogP contribution in [0.25, 0.3) is 0 Å². The van der Waals surface area contributed by atoms with Crippen molar-refractivity contribution in [1.29, 1.82) is 0 Å². The summed E-state index contributed by atoms with van der Waals surface area (Å²) in [4.78, 5) is 23.6. The van der Waals surface area contributed by atoms with Crippen LogP contribution in [0.2, 0.25) is 0 Å². The van der Waals surface area contributed by atoms with Gasteiger partial charge in [0, 0.05) is 12.0 Å². The van der Waals surface area contributed by atoms with Gasteiger partial charge in [-0.25, -0.2) is 0 Å². The van der Waals surface area contributed by atoms with Gasteiger partial charge in [-0.05, 0) is 29.8 Å². The second-order valence-corrected chi connectivity index (χ2v) is 5.81. The summed E-state index contributed by atoms with van der Waals surface area (Å²) in [5.74, 6) is 0.997. The first kappa shape index (κ1) is 14.6. The molecule has 0 unspecified atom stereocenters. The van der Waals surface area contributed by atoms with E-state index >= 15 is 0 Å². The molecule has 0 bridgehead atoms. The summed E-state index contributed by atoms with van der Waals surface area (Å²) in [6, 6.07) is 12.9. The predicted octanol–water partition coefficient (Wildman–Crippen LogP) is 1.75. The zero-order valence-corrected chi connectivity index (χ0v) is 12.9. The maximum absolute atomic E-state index is 12.3. The number of hydrogen-bond acceptors (Lipinski definition) is 4. The largest absolute Gasteiger partial charge is 0.488 e. The molecule has 6 nitrogen and oxygen atoms in total. The third-order valence-electron chi connectivity index (χ3n) is 4.08. The third-order valence-corrected chi connectivity index (χ3v) is 4.08. The summed E-state index contributed by atoms with van der Waals surface area (Å²) < 4.78 is 11.1. The van der Waals surface area contributed by atoms with Crippen LogP contribution in [0.1, 0.15) is 15.9 Å². The van der Waals surface area contributed by atoms with Crippen molar-refractivity contribution in [2.24, 2.45) is 0 Å². The summed E-state index contributed by atoms with van der Waals surface area (Å²) in [5.41, 5.74) is 2.23. The lowest BCUT2D eigenvalue weighted by atomic mass is 10.1. The van der Waals surface area contributed by atoms with E-state index in [0.717, 1.165) is 17.7 Å². The molecule has 0 saturated heterocycles. The summed E-state index contributed by atoms with van der Waals surface area (Å²) in [6.45, 7) is 0.397. The van der Waals surface area contributed by atoms with Crippen molar-refractivity contribution in [1.82, 2.24) is 5.32 Å². The minimum atomic E-state index is -0.197. The van der Waals surface area contributed by atoms with Crippen molar-refractivity contribution in [3.05, 3.63) is 53.6 Å². The van der Waals surface area contributed by atoms with E-state index in [4.69, 9.17) is 9.47 Å². The zero-order chi connectivity index (χ0) is 16.5. The maximum Gasteiger partial charge on any atom is 0.262 e. The van der Waals surface area contributed by atoms with Gasteiger partial charge in [-0.15, -0.1) is 0 Å². The van der Waals surface area contributed by atoms with Crippen LogP contribution >= 0.6 is 0 Å². The van der Waals surface area contributed by atoms with E-state index in [-0.39, 0.29) is 24.5 Å². The summed E-state index contributed by atoms with van der Waals surface area (Å²) in [7, 11) is 0. The van der Waals surface area contributed by atoms with Crippen molar-refractivity contribution in [2.45, 2.75) is 12.5 Å². The molecule has 2 aromatic carbocycles. The Bertz CT molecular complexity index is 793. The van der Waals surface area contributed by atoms with Crippen LogP contribution in [0.5, 0.6) is 11.5 Å². The Morgan fingerprint density at radius 2 is 2.08 bits per heavy atom. The minimum absolute atomic E-state index is 0.0355. The monoisotopic (exact) mass is 324 g/mol. The number of fused-ring (bicyclic) bond motifs is 2. The van der Waals surface area contributed by atoms with Gasteiger partial charge in [0.2, 0.25) is 0 Å². The summed E-state index contributed by atoms with van der Waals surface area (Å²) in [5, 5.41) is 5.58. The second kappa shape index (κ2) is 5.88. The van der Waals surface area contributed by atoms with Gasteiger partial charge in [0.15, 0.2) is 6.61 Å². The Labute approximate surface area is 138 Å². The average molecular weight is 324 g/mol. The quantitative estimate of drug-likeness (QED) is 0.902. The molecule has 24 heavy (non-hydrogen) atoms. The molecule has 2 aromatic rings. The number of carbonyl (C=O) groups is 2. The average Bonchev–Trinajstić information content (AvgIpc) is 3.02. The highest BCUT2D eigenvalue weighted by Crippen LogP contribution is 2.29. The van der Waals surface area contributed by atoms with Crippen LogP contribution in [-0.2, 0) is 11.2 Å². The Morgan fingerprint density at radius 1 is 1.21 bits per heavy atom. The lowest BCUT2D eigenvalue weighted by molar-refractivity contribution is -0.118. The molecule has 2 aliphatic rings. The van der Waals surface area contributed by atoms with Gasteiger partial charge in [-0.1, -0.05) is 18.2 Å². The van der Waals surface area contributed by atoms with Crippen LogP contribution in [0, 0.1) is 0 Å². The molecule has 6 heteroatoms. The SMILES string of the molecule is O=C1COc2cc(C(=O)NC[C@H]3Cc4ccccc4O3)ccc2N1. The lowest BCUT2D eigenvalue weighted by Gasteiger charge is -2.18. The van der Waals surface area contributed by atoms with Gasteiger partial charge in [0.05, 0.1) is 12.2 Å². The third kappa shape index (κ3) is 2.78. The number of nitrogens with one attached hydrogen (secondary N) is 2. The first-order valence-electron chi connectivity index (χ1n) is 7.78. The molecule has 0 saturated carbocycles. The molecule has 0 spiro atoms. The molecule has 0 aromatic heterocycles. The summed E-state index contributed by atoms with van der Waals surface area (Å²) in [6.07, 6.45) is 0.731.